The average molecular weight is 279 g/mol. The predicted molar refractivity (Wildman–Crippen MR) is 83.3 cm³/mol. The smallest absolute Gasteiger partial charge is 0.272 e. The van der Waals surface area contributed by atoms with Crippen LogP contribution in [0.1, 0.15) is 21.6 Å². The first-order valence-corrected chi connectivity index (χ1v) is 7.01. The zero-order valence-electron chi connectivity index (χ0n) is 11.9. The molecule has 0 saturated heterocycles. The number of aromatic amines is 1. The van der Waals surface area contributed by atoms with Gasteiger partial charge in [-0.2, -0.15) is 5.10 Å². The average Bonchev–Trinajstić information content (AvgIpc) is 2.91. The van der Waals surface area contributed by atoms with Crippen LogP contribution in [0.2, 0.25) is 0 Å². The third-order valence-electron chi connectivity index (χ3n) is 3.48. The van der Waals surface area contributed by atoms with Gasteiger partial charge >= 0.3 is 0 Å². The molecular weight excluding hydrogens is 262 g/mol. The lowest BCUT2D eigenvalue weighted by Crippen LogP contribution is -2.26. The van der Waals surface area contributed by atoms with Crippen LogP contribution in [0.5, 0.6) is 0 Å². The van der Waals surface area contributed by atoms with Gasteiger partial charge in [-0.15, -0.1) is 0 Å². The quantitative estimate of drug-likeness (QED) is 0.771. The first kappa shape index (κ1) is 13.4. The SMILES string of the molecule is Cc1ccc2[nH]nc(C(=O)NCCc3ccccc3)c2c1. The summed E-state index contributed by atoms with van der Waals surface area (Å²) in [5, 5.41) is 10.8. The number of carbonyl (C=O) groups excluding carboxylic acids is 1. The zero-order valence-corrected chi connectivity index (χ0v) is 11.9. The van der Waals surface area contributed by atoms with Crippen molar-refractivity contribution in [2.75, 3.05) is 6.54 Å². The maximum Gasteiger partial charge on any atom is 0.272 e. The van der Waals surface area contributed by atoms with Crippen LogP contribution >= 0.6 is 0 Å². The minimum absolute atomic E-state index is 0.136. The molecule has 3 rings (SSSR count). The molecule has 0 aliphatic heterocycles. The van der Waals surface area contributed by atoms with Crippen molar-refractivity contribution in [3.63, 3.8) is 0 Å². The highest BCUT2D eigenvalue weighted by atomic mass is 16.1. The zero-order chi connectivity index (χ0) is 14.7. The molecule has 0 bridgehead atoms. The monoisotopic (exact) mass is 279 g/mol. The van der Waals surface area contributed by atoms with E-state index in [2.05, 4.69) is 27.6 Å². The number of hydrogen-bond donors (Lipinski definition) is 2. The molecule has 21 heavy (non-hydrogen) atoms. The fraction of sp³-hybridized carbons (Fsp3) is 0.176. The van der Waals surface area contributed by atoms with Crippen LogP contribution in [0.3, 0.4) is 0 Å². The minimum atomic E-state index is -0.136. The van der Waals surface area contributed by atoms with Gasteiger partial charge in [0.1, 0.15) is 0 Å². The van der Waals surface area contributed by atoms with E-state index < -0.39 is 0 Å². The van der Waals surface area contributed by atoms with Crippen molar-refractivity contribution in [3.8, 4) is 0 Å². The van der Waals surface area contributed by atoms with Gasteiger partial charge < -0.3 is 5.32 Å². The second-order valence-corrected chi connectivity index (χ2v) is 5.11. The van der Waals surface area contributed by atoms with Gasteiger partial charge in [0, 0.05) is 11.9 Å². The molecule has 0 fully saturated rings. The Morgan fingerprint density at radius 3 is 2.81 bits per heavy atom. The Balaban J connectivity index is 1.68. The van der Waals surface area contributed by atoms with E-state index in [-0.39, 0.29) is 5.91 Å². The molecule has 1 heterocycles. The number of aromatic nitrogens is 2. The van der Waals surface area contributed by atoms with Crippen LogP contribution in [0, 0.1) is 6.92 Å². The lowest BCUT2D eigenvalue weighted by Gasteiger charge is -2.04. The van der Waals surface area contributed by atoms with Gasteiger partial charge in [-0.05, 0) is 31.0 Å². The van der Waals surface area contributed by atoms with E-state index >= 15 is 0 Å². The number of hydrogen-bond acceptors (Lipinski definition) is 2. The number of fused-ring (bicyclic) bond motifs is 1. The molecule has 0 atom stereocenters. The third kappa shape index (κ3) is 2.94. The molecule has 2 N–H and O–H groups in total. The summed E-state index contributed by atoms with van der Waals surface area (Å²) in [6, 6.07) is 16.0. The number of benzene rings is 2. The number of nitrogens with one attached hydrogen (secondary N) is 2. The van der Waals surface area contributed by atoms with Crippen LogP contribution in [0.4, 0.5) is 0 Å². The van der Waals surface area contributed by atoms with Crippen LogP contribution in [0.25, 0.3) is 10.9 Å². The summed E-state index contributed by atoms with van der Waals surface area (Å²) in [6.07, 6.45) is 0.813. The number of aryl methyl sites for hydroxylation is 1. The molecule has 0 unspecified atom stereocenters. The largest absolute Gasteiger partial charge is 0.350 e. The normalized spacial score (nSPS) is 10.7. The molecule has 1 amide bonds. The van der Waals surface area contributed by atoms with Crippen LogP contribution in [-0.2, 0) is 6.42 Å². The van der Waals surface area contributed by atoms with Gasteiger partial charge in [0.15, 0.2) is 5.69 Å². The van der Waals surface area contributed by atoms with E-state index in [4.69, 9.17) is 0 Å². The Morgan fingerprint density at radius 1 is 1.19 bits per heavy atom. The van der Waals surface area contributed by atoms with Gasteiger partial charge in [0.2, 0.25) is 0 Å². The van der Waals surface area contributed by atoms with E-state index in [0.717, 1.165) is 22.9 Å². The third-order valence-corrected chi connectivity index (χ3v) is 3.48. The van der Waals surface area contributed by atoms with Crippen molar-refractivity contribution in [2.45, 2.75) is 13.3 Å². The van der Waals surface area contributed by atoms with Gasteiger partial charge in [-0.25, -0.2) is 0 Å². The lowest BCUT2D eigenvalue weighted by atomic mass is 10.1. The number of H-pyrrole nitrogens is 1. The predicted octanol–water partition coefficient (Wildman–Crippen LogP) is 2.84. The number of nitrogens with zero attached hydrogens (tertiary/aromatic N) is 1. The topological polar surface area (TPSA) is 57.8 Å². The second-order valence-electron chi connectivity index (χ2n) is 5.11. The summed E-state index contributed by atoms with van der Waals surface area (Å²) in [5.41, 5.74) is 3.67. The molecule has 3 aromatic rings. The number of amides is 1. The molecule has 4 heteroatoms. The maximum atomic E-state index is 12.2. The highest BCUT2D eigenvalue weighted by molar-refractivity contribution is 6.04. The Labute approximate surface area is 123 Å². The summed E-state index contributed by atoms with van der Waals surface area (Å²) in [7, 11) is 0. The number of rotatable bonds is 4. The number of carbonyl (C=O) groups is 1. The summed E-state index contributed by atoms with van der Waals surface area (Å²) < 4.78 is 0. The first-order valence-electron chi connectivity index (χ1n) is 7.01. The van der Waals surface area contributed by atoms with Gasteiger partial charge in [0.05, 0.1) is 5.52 Å². The van der Waals surface area contributed by atoms with Crippen LogP contribution < -0.4 is 5.32 Å². The van der Waals surface area contributed by atoms with Gasteiger partial charge in [0.25, 0.3) is 5.91 Å². The molecule has 0 radical (unpaired) electrons. The van der Waals surface area contributed by atoms with Crippen molar-refractivity contribution < 1.29 is 4.79 Å². The van der Waals surface area contributed by atoms with Crippen molar-refractivity contribution in [2.24, 2.45) is 0 Å². The van der Waals surface area contributed by atoms with Crippen molar-refractivity contribution in [1.29, 1.82) is 0 Å². The molecule has 0 aliphatic rings. The second kappa shape index (κ2) is 5.79. The fourth-order valence-electron chi connectivity index (χ4n) is 2.35. The van der Waals surface area contributed by atoms with E-state index in [1.807, 2.05) is 43.3 Å². The lowest BCUT2D eigenvalue weighted by molar-refractivity contribution is 0.0950. The Kier molecular flexibility index (Phi) is 3.69. The van der Waals surface area contributed by atoms with Crippen molar-refractivity contribution in [1.82, 2.24) is 15.5 Å². The standard InChI is InChI=1S/C17H17N3O/c1-12-7-8-15-14(11-12)16(20-19-15)17(21)18-10-9-13-5-3-2-4-6-13/h2-8,11H,9-10H2,1H3,(H,18,21)(H,19,20). The van der Waals surface area contributed by atoms with E-state index in [1.165, 1.54) is 5.56 Å². The van der Waals surface area contributed by atoms with Gasteiger partial charge in [-0.1, -0.05) is 42.0 Å². The minimum Gasteiger partial charge on any atom is -0.350 e. The Bertz CT molecular complexity index is 762. The molecule has 1 aromatic heterocycles. The fourth-order valence-corrected chi connectivity index (χ4v) is 2.35. The molecule has 0 saturated carbocycles. The maximum absolute atomic E-state index is 12.2. The highest BCUT2D eigenvalue weighted by Gasteiger charge is 2.13. The summed E-state index contributed by atoms with van der Waals surface area (Å²) in [5.74, 6) is -0.136. The summed E-state index contributed by atoms with van der Waals surface area (Å²) >= 11 is 0. The molecular formula is C17H17N3O. The van der Waals surface area contributed by atoms with E-state index in [0.29, 0.717) is 12.2 Å². The molecule has 106 valence electrons. The van der Waals surface area contributed by atoms with Crippen LogP contribution in [0.15, 0.2) is 48.5 Å². The van der Waals surface area contributed by atoms with Crippen LogP contribution in [-0.4, -0.2) is 22.6 Å². The Morgan fingerprint density at radius 2 is 2.00 bits per heavy atom. The molecule has 0 aliphatic carbocycles. The van der Waals surface area contributed by atoms with E-state index in [9.17, 15) is 4.79 Å². The molecule has 0 spiro atoms. The summed E-state index contributed by atoms with van der Waals surface area (Å²) in [4.78, 5) is 12.2. The highest BCUT2D eigenvalue weighted by Crippen LogP contribution is 2.17. The first-order chi connectivity index (χ1) is 10.2. The Hall–Kier alpha value is -2.62. The molecule has 2 aromatic carbocycles. The summed E-state index contributed by atoms with van der Waals surface area (Å²) in [6.45, 7) is 2.60. The van der Waals surface area contributed by atoms with Crippen molar-refractivity contribution >= 4 is 16.8 Å². The van der Waals surface area contributed by atoms with E-state index in [1.54, 1.807) is 0 Å². The van der Waals surface area contributed by atoms with Gasteiger partial charge in [-0.3, -0.25) is 9.89 Å². The van der Waals surface area contributed by atoms with Crippen molar-refractivity contribution in [3.05, 3.63) is 65.4 Å². The molecule has 4 nitrogen and oxygen atoms in total.